The van der Waals surface area contributed by atoms with Gasteiger partial charge in [0.25, 0.3) is 0 Å². The lowest BCUT2D eigenvalue weighted by Crippen LogP contribution is -2.40. The standard InChI is InChI=1S/3C9H19O.Al/c3*1-7(2)5-9(10)6-8(3)4;/h3*7-9H,5-6H2,1-4H3;/q3*-1;+3. The highest BCUT2D eigenvalue weighted by Crippen LogP contribution is 2.25. The van der Waals surface area contributed by atoms with Gasteiger partial charge in [-0.15, -0.1) is 0 Å². The van der Waals surface area contributed by atoms with Crippen molar-refractivity contribution in [2.75, 3.05) is 0 Å². The normalized spacial score (nSPS) is 13.1. The van der Waals surface area contributed by atoms with Crippen LogP contribution in [0.1, 0.15) is 122 Å². The molecule has 0 aliphatic rings. The molecule has 0 radical (unpaired) electrons. The molecule has 0 N–H and O–H groups in total. The van der Waals surface area contributed by atoms with Gasteiger partial charge in [0, 0.05) is 18.3 Å². The predicted molar refractivity (Wildman–Crippen MR) is 137 cm³/mol. The molecule has 31 heavy (non-hydrogen) atoms. The predicted octanol–water partition coefficient (Wildman–Crippen LogP) is 8.40. The third kappa shape index (κ3) is 18.5. The molecule has 3 nitrogen and oxygen atoms in total. The van der Waals surface area contributed by atoms with Crippen molar-refractivity contribution in [3.05, 3.63) is 0 Å². The molecule has 0 saturated heterocycles. The molecule has 0 unspecified atom stereocenters. The zero-order valence-electron chi connectivity index (χ0n) is 23.2. The maximum absolute atomic E-state index is 6.75. The summed E-state index contributed by atoms with van der Waals surface area (Å²) in [6.07, 6.45) is 7.15. The van der Waals surface area contributed by atoms with Crippen molar-refractivity contribution in [3.63, 3.8) is 0 Å². The first-order valence-corrected chi connectivity index (χ1v) is 14.7. The van der Waals surface area contributed by atoms with Gasteiger partial charge in [-0.3, -0.25) is 0 Å². The minimum absolute atomic E-state index is 0.231. The smallest absolute Gasteiger partial charge is 0.452 e. The third-order valence-electron chi connectivity index (χ3n) is 5.32. The van der Waals surface area contributed by atoms with Gasteiger partial charge in [-0.25, -0.2) is 0 Å². The molecule has 0 aliphatic heterocycles. The highest BCUT2D eigenvalue weighted by Gasteiger charge is 2.40. The van der Waals surface area contributed by atoms with Gasteiger partial charge in [0.15, 0.2) is 0 Å². The van der Waals surface area contributed by atoms with E-state index < -0.39 is 15.1 Å². The molecule has 0 aromatic rings. The summed E-state index contributed by atoms with van der Waals surface area (Å²) in [7, 11) is 0. The summed E-state index contributed by atoms with van der Waals surface area (Å²) in [5.41, 5.74) is 0. The second kappa shape index (κ2) is 16.9. The molecular weight excluding hydrogens is 399 g/mol. The Kier molecular flexibility index (Phi) is 17.2. The van der Waals surface area contributed by atoms with Crippen molar-refractivity contribution >= 4 is 15.1 Å². The van der Waals surface area contributed by atoms with E-state index in [2.05, 4.69) is 83.1 Å². The second-order valence-electron chi connectivity index (χ2n) is 12.3. The SMILES string of the molecule is CC(C)CC(CC(C)C)[O][Al]([O]C(CC(C)C)CC(C)C)[O]C(CC(C)C)CC(C)C. The first-order valence-electron chi connectivity index (χ1n) is 13.2. The molecule has 0 atom stereocenters. The molecule has 0 amide bonds. The van der Waals surface area contributed by atoms with Crippen LogP contribution in [-0.4, -0.2) is 33.5 Å². The topological polar surface area (TPSA) is 27.7 Å². The molecule has 0 bridgehead atoms. The van der Waals surface area contributed by atoms with E-state index in [1.54, 1.807) is 0 Å². The quantitative estimate of drug-likeness (QED) is 0.194. The molecule has 0 saturated carbocycles. The fraction of sp³-hybridized carbons (Fsp3) is 1.00. The summed E-state index contributed by atoms with van der Waals surface area (Å²) in [5, 5.41) is 0. The minimum atomic E-state index is -2.26. The van der Waals surface area contributed by atoms with E-state index >= 15 is 0 Å². The average Bonchev–Trinajstić information content (AvgIpc) is 2.50. The highest BCUT2D eigenvalue weighted by atomic mass is 27.3. The van der Waals surface area contributed by atoms with E-state index in [0.29, 0.717) is 35.5 Å². The molecule has 0 fully saturated rings. The van der Waals surface area contributed by atoms with Crippen molar-refractivity contribution < 1.29 is 11.4 Å². The van der Waals surface area contributed by atoms with Crippen molar-refractivity contribution in [2.45, 2.75) is 140 Å². The van der Waals surface area contributed by atoms with Gasteiger partial charge in [-0.05, 0) is 74.0 Å². The van der Waals surface area contributed by atoms with Crippen LogP contribution in [0.2, 0.25) is 0 Å². The molecular formula is C27H57AlO3. The van der Waals surface area contributed by atoms with Crippen molar-refractivity contribution in [1.29, 1.82) is 0 Å². The van der Waals surface area contributed by atoms with E-state index in [-0.39, 0.29) is 18.3 Å². The number of hydrogen-bond acceptors (Lipinski definition) is 3. The lowest BCUT2D eigenvalue weighted by atomic mass is 9.98. The van der Waals surface area contributed by atoms with Crippen molar-refractivity contribution in [2.24, 2.45) is 35.5 Å². The Morgan fingerprint density at radius 2 is 0.516 bits per heavy atom. The largest absolute Gasteiger partial charge is 0.906 e. The Balaban J connectivity index is 5.59. The van der Waals surface area contributed by atoms with Crippen LogP contribution in [0.4, 0.5) is 0 Å². The van der Waals surface area contributed by atoms with Crippen LogP contribution in [0.5, 0.6) is 0 Å². The van der Waals surface area contributed by atoms with Crippen LogP contribution < -0.4 is 0 Å². The molecule has 0 aromatic carbocycles. The van der Waals surface area contributed by atoms with Crippen LogP contribution in [0, 0.1) is 35.5 Å². The van der Waals surface area contributed by atoms with Gasteiger partial charge in [-0.1, -0.05) is 83.1 Å². The first-order chi connectivity index (χ1) is 14.3. The number of rotatable bonds is 18. The van der Waals surface area contributed by atoms with Crippen LogP contribution in [0.3, 0.4) is 0 Å². The molecule has 0 heterocycles. The molecule has 186 valence electrons. The van der Waals surface area contributed by atoms with Gasteiger partial charge in [0.2, 0.25) is 0 Å². The summed E-state index contributed by atoms with van der Waals surface area (Å²) in [6, 6.07) is 0. The average molecular weight is 457 g/mol. The van der Waals surface area contributed by atoms with E-state index in [4.69, 9.17) is 11.4 Å². The molecule has 0 aliphatic carbocycles. The zero-order valence-corrected chi connectivity index (χ0v) is 24.4. The lowest BCUT2D eigenvalue weighted by Gasteiger charge is -2.31. The second-order valence-corrected chi connectivity index (χ2v) is 13.7. The summed E-state index contributed by atoms with van der Waals surface area (Å²) in [6.45, 7) is 27.4. The summed E-state index contributed by atoms with van der Waals surface area (Å²) in [4.78, 5) is 0. The number of hydrogen-bond donors (Lipinski definition) is 0. The monoisotopic (exact) mass is 456 g/mol. The Bertz CT molecular complexity index is 329. The highest BCUT2D eigenvalue weighted by molar-refractivity contribution is 6.36. The van der Waals surface area contributed by atoms with Crippen molar-refractivity contribution in [1.82, 2.24) is 0 Å². The Labute approximate surface area is 201 Å². The molecule has 4 heteroatoms. The van der Waals surface area contributed by atoms with Crippen LogP contribution >= 0.6 is 0 Å². The first kappa shape index (κ1) is 31.4. The summed E-state index contributed by atoms with van der Waals surface area (Å²) < 4.78 is 20.3. The molecule has 0 aromatic heterocycles. The Morgan fingerprint density at radius 3 is 0.645 bits per heavy atom. The molecule has 0 spiro atoms. The lowest BCUT2D eigenvalue weighted by molar-refractivity contribution is -0.0177. The van der Waals surface area contributed by atoms with Gasteiger partial charge >= 0.3 is 15.1 Å². The van der Waals surface area contributed by atoms with E-state index in [9.17, 15) is 0 Å². The van der Waals surface area contributed by atoms with Gasteiger partial charge in [0.1, 0.15) is 0 Å². The Hall–Kier alpha value is 0.412. The van der Waals surface area contributed by atoms with Gasteiger partial charge in [-0.2, -0.15) is 0 Å². The summed E-state index contributed by atoms with van der Waals surface area (Å²) in [5.74, 6) is 3.68. The van der Waals surface area contributed by atoms with Crippen LogP contribution in [0.15, 0.2) is 0 Å². The van der Waals surface area contributed by atoms with E-state index in [1.165, 1.54) is 0 Å². The van der Waals surface area contributed by atoms with Gasteiger partial charge in [0.05, 0.1) is 0 Å². The van der Waals surface area contributed by atoms with E-state index in [1.807, 2.05) is 0 Å². The maximum atomic E-state index is 6.75. The van der Waals surface area contributed by atoms with Gasteiger partial charge < -0.3 is 11.4 Å². The van der Waals surface area contributed by atoms with Crippen LogP contribution in [0.25, 0.3) is 0 Å². The maximum Gasteiger partial charge on any atom is 0.906 e. The van der Waals surface area contributed by atoms with Crippen LogP contribution in [-0.2, 0) is 11.4 Å². The molecule has 0 rings (SSSR count). The summed E-state index contributed by atoms with van der Waals surface area (Å²) >= 11 is -2.26. The Morgan fingerprint density at radius 1 is 0.355 bits per heavy atom. The van der Waals surface area contributed by atoms with E-state index in [0.717, 1.165) is 38.5 Å². The fourth-order valence-corrected chi connectivity index (χ4v) is 6.15. The van der Waals surface area contributed by atoms with Crippen molar-refractivity contribution in [3.8, 4) is 0 Å². The minimum Gasteiger partial charge on any atom is -0.452 e. The fourth-order valence-electron chi connectivity index (χ4n) is 4.34. The zero-order chi connectivity index (χ0) is 24.1. The third-order valence-corrected chi connectivity index (χ3v) is 7.14.